The molecule has 2 aromatic rings. The molecule has 2 atom stereocenters. The van der Waals surface area contributed by atoms with Crippen LogP contribution in [0.5, 0.6) is 5.75 Å². The summed E-state index contributed by atoms with van der Waals surface area (Å²) < 4.78 is 5.35. The summed E-state index contributed by atoms with van der Waals surface area (Å²) in [5.74, 6) is -2.29. The fraction of sp³-hybridized carbons (Fsp3) is 0.464. The van der Waals surface area contributed by atoms with E-state index in [1.54, 1.807) is 6.07 Å². The molecular formula is C28H36O6S. The second kappa shape index (κ2) is 11.3. The van der Waals surface area contributed by atoms with Crippen molar-refractivity contribution in [3.05, 3.63) is 54.6 Å². The number of carbonyl (C=O) groups excluding carboxylic acids is 1. The molecule has 7 heteroatoms. The van der Waals surface area contributed by atoms with Crippen molar-refractivity contribution in [1.29, 1.82) is 0 Å². The molecule has 0 aliphatic heterocycles. The number of benzene rings is 2. The van der Waals surface area contributed by atoms with E-state index in [-0.39, 0.29) is 0 Å². The van der Waals surface area contributed by atoms with Crippen LogP contribution in [0.25, 0.3) is 11.1 Å². The smallest absolute Gasteiger partial charge is 0.317 e. The Labute approximate surface area is 212 Å². The van der Waals surface area contributed by atoms with Gasteiger partial charge in [0.2, 0.25) is 0 Å². The van der Waals surface area contributed by atoms with Gasteiger partial charge in [-0.1, -0.05) is 83.1 Å². The van der Waals surface area contributed by atoms with Gasteiger partial charge in [0.25, 0.3) is 0 Å². The molecule has 190 valence electrons. The van der Waals surface area contributed by atoms with Gasteiger partial charge < -0.3 is 14.9 Å². The average Bonchev–Trinajstić information content (AvgIpc) is 2.78. The zero-order chi connectivity index (χ0) is 26.4. The van der Waals surface area contributed by atoms with Crippen LogP contribution in [0.1, 0.15) is 60.8 Å². The highest BCUT2D eigenvalue weighted by Gasteiger charge is 2.51. The van der Waals surface area contributed by atoms with E-state index in [1.165, 1.54) is 0 Å². The van der Waals surface area contributed by atoms with E-state index in [4.69, 9.17) is 9.84 Å². The highest BCUT2D eigenvalue weighted by Crippen LogP contribution is 2.51. The van der Waals surface area contributed by atoms with E-state index in [0.717, 1.165) is 22.9 Å². The van der Waals surface area contributed by atoms with Gasteiger partial charge in [0, 0.05) is 10.3 Å². The van der Waals surface area contributed by atoms with Crippen molar-refractivity contribution < 1.29 is 29.3 Å². The summed E-state index contributed by atoms with van der Waals surface area (Å²) in [7, 11) is 0. The van der Waals surface area contributed by atoms with Crippen molar-refractivity contribution in [1.82, 2.24) is 0 Å². The van der Waals surface area contributed by atoms with Gasteiger partial charge in [-0.05, 0) is 36.8 Å². The van der Waals surface area contributed by atoms with E-state index in [2.05, 4.69) is 0 Å². The van der Waals surface area contributed by atoms with Crippen LogP contribution in [0.3, 0.4) is 0 Å². The number of carbonyl (C=O) groups is 3. The number of aliphatic carboxylic acids is 2. The number of para-hydroxylation sites is 1. The number of thioether (sulfide) groups is 1. The van der Waals surface area contributed by atoms with Crippen molar-refractivity contribution in [3.63, 3.8) is 0 Å². The first-order valence-corrected chi connectivity index (χ1v) is 12.6. The molecule has 0 fully saturated rings. The van der Waals surface area contributed by atoms with Crippen LogP contribution in [-0.2, 0) is 14.4 Å². The van der Waals surface area contributed by atoms with Crippen molar-refractivity contribution in [3.8, 4) is 16.9 Å². The quantitative estimate of drug-likeness (QED) is 0.252. The number of rotatable bonds is 12. The third-order valence-corrected chi connectivity index (χ3v) is 8.31. The molecule has 6 nitrogen and oxygen atoms in total. The number of hydrogen-bond acceptors (Lipinski definition) is 5. The van der Waals surface area contributed by atoms with E-state index in [9.17, 15) is 19.5 Å². The zero-order valence-corrected chi connectivity index (χ0v) is 22.1. The third kappa shape index (κ3) is 7.10. The van der Waals surface area contributed by atoms with Crippen LogP contribution in [0.2, 0.25) is 0 Å². The second-order valence-corrected chi connectivity index (χ2v) is 12.2. The minimum atomic E-state index is -1.18. The maximum Gasteiger partial charge on any atom is 0.317 e. The van der Waals surface area contributed by atoms with Crippen LogP contribution in [0.4, 0.5) is 0 Å². The largest absolute Gasteiger partial charge is 0.481 e. The molecule has 0 aliphatic carbocycles. The van der Waals surface area contributed by atoms with Gasteiger partial charge in [0.15, 0.2) is 0 Å². The van der Waals surface area contributed by atoms with Crippen LogP contribution in [0, 0.1) is 10.8 Å². The van der Waals surface area contributed by atoms with Crippen LogP contribution in [0.15, 0.2) is 54.6 Å². The number of carboxylic acids is 2. The molecule has 0 amide bonds. The summed E-state index contributed by atoms with van der Waals surface area (Å²) in [6.07, 6.45) is 0.505. The number of esters is 1. The Balaban J connectivity index is 2.41. The third-order valence-electron chi connectivity index (χ3n) is 6.88. The van der Waals surface area contributed by atoms with Crippen LogP contribution >= 0.6 is 11.8 Å². The van der Waals surface area contributed by atoms with E-state index >= 15 is 0 Å². The van der Waals surface area contributed by atoms with E-state index in [1.807, 2.05) is 90.1 Å². The first-order chi connectivity index (χ1) is 16.2. The first kappa shape index (κ1) is 28.4. The molecule has 0 heterocycles. The molecule has 0 spiro atoms. The lowest BCUT2D eigenvalue weighted by atomic mass is 9.61. The Morgan fingerprint density at radius 3 is 2.03 bits per heavy atom. The highest BCUT2D eigenvalue weighted by molar-refractivity contribution is 8.01. The first-order valence-electron chi connectivity index (χ1n) is 11.7. The number of ether oxygens (including phenoxy) is 1. The molecule has 2 N–H and O–H groups in total. The van der Waals surface area contributed by atoms with Gasteiger partial charge in [-0.15, -0.1) is 11.8 Å². The Morgan fingerprint density at radius 2 is 1.49 bits per heavy atom. The molecule has 0 aromatic heterocycles. The summed E-state index contributed by atoms with van der Waals surface area (Å²) >= 11 is 1.07. The predicted octanol–water partition coefficient (Wildman–Crippen LogP) is 6.53. The Kier molecular flexibility index (Phi) is 9.17. The van der Waals surface area contributed by atoms with E-state index in [0.29, 0.717) is 18.6 Å². The van der Waals surface area contributed by atoms with Crippen LogP contribution in [-0.4, -0.2) is 38.1 Å². The Morgan fingerprint density at radius 1 is 0.914 bits per heavy atom. The summed E-state index contributed by atoms with van der Waals surface area (Å²) in [5, 5.41) is 17.6. The molecule has 2 rings (SSSR count). The van der Waals surface area contributed by atoms with Gasteiger partial charge in [-0.2, -0.15) is 0 Å². The van der Waals surface area contributed by atoms with Gasteiger partial charge in [0.1, 0.15) is 11.0 Å². The molecule has 2 aromatic carbocycles. The lowest BCUT2D eigenvalue weighted by Gasteiger charge is -2.46. The molecular weight excluding hydrogens is 464 g/mol. The number of carboxylic acid groups (broad SMARTS) is 2. The fourth-order valence-corrected chi connectivity index (χ4v) is 5.69. The lowest BCUT2D eigenvalue weighted by Crippen LogP contribution is -2.48. The standard InChI is InChI=1S/C28H36O6S/c1-7-26(2,3)28(6,18-27(4,5)35-22(24(31)32)17-23(29)30)25(33)34-21-16-12-11-15-20(21)19-13-9-8-10-14-19/h8-16,22H,7,17-18H2,1-6H3,(H,29,30)(H,31,32). The molecule has 0 saturated heterocycles. The molecule has 0 bridgehead atoms. The van der Waals surface area contributed by atoms with Gasteiger partial charge >= 0.3 is 17.9 Å². The fourth-order valence-electron chi connectivity index (χ4n) is 4.22. The molecule has 0 saturated carbocycles. The maximum atomic E-state index is 13.9. The number of hydrogen-bond donors (Lipinski definition) is 2. The minimum Gasteiger partial charge on any atom is -0.481 e. The van der Waals surface area contributed by atoms with Gasteiger partial charge in [0.05, 0.1) is 11.8 Å². The van der Waals surface area contributed by atoms with Gasteiger partial charge in [-0.25, -0.2) is 0 Å². The lowest BCUT2D eigenvalue weighted by molar-refractivity contribution is -0.154. The molecule has 0 aliphatic rings. The normalized spacial score (nSPS) is 14.6. The Bertz CT molecular complexity index is 1050. The van der Waals surface area contributed by atoms with Crippen molar-refractivity contribution in [2.75, 3.05) is 0 Å². The molecule has 0 radical (unpaired) electrons. The topological polar surface area (TPSA) is 101 Å². The molecule has 2 unspecified atom stereocenters. The Hall–Kier alpha value is -2.80. The monoisotopic (exact) mass is 500 g/mol. The van der Waals surface area contributed by atoms with E-state index < -0.39 is 45.2 Å². The van der Waals surface area contributed by atoms with Crippen molar-refractivity contribution >= 4 is 29.7 Å². The SMILES string of the molecule is CCC(C)(C)C(C)(CC(C)(C)SC(CC(=O)O)C(=O)O)C(=O)Oc1ccccc1-c1ccccc1. The maximum absolute atomic E-state index is 13.9. The summed E-state index contributed by atoms with van der Waals surface area (Å²) in [6.45, 7) is 11.6. The van der Waals surface area contributed by atoms with Crippen molar-refractivity contribution in [2.45, 2.75) is 70.8 Å². The highest BCUT2D eigenvalue weighted by atomic mass is 32.2. The predicted molar refractivity (Wildman–Crippen MR) is 140 cm³/mol. The van der Waals surface area contributed by atoms with Gasteiger partial charge in [-0.3, -0.25) is 14.4 Å². The van der Waals surface area contributed by atoms with Crippen molar-refractivity contribution in [2.24, 2.45) is 10.8 Å². The van der Waals surface area contributed by atoms with Crippen LogP contribution < -0.4 is 4.74 Å². The zero-order valence-electron chi connectivity index (χ0n) is 21.3. The summed E-state index contributed by atoms with van der Waals surface area (Å²) in [4.78, 5) is 36.8. The average molecular weight is 501 g/mol. The summed E-state index contributed by atoms with van der Waals surface area (Å²) in [5.41, 5.74) is 0.282. The minimum absolute atomic E-state index is 0.307. The molecule has 35 heavy (non-hydrogen) atoms. The second-order valence-electron chi connectivity index (χ2n) is 10.3. The summed E-state index contributed by atoms with van der Waals surface area (Å²) in [6, 6.07) is 17.1.